The van der Waals surface area contributed by atoms with Gasteiger partial charge in [0.25, 0.3) is 0 Å². The van der Waals surface area contributed by atoms with Crippen molar-refractivity contribution < 1.29 is 5.11 Å². The van der Waals surface area contributed by atoms with Gasteiger partial charge in [0, 0.05) is 6.61 Å². The highest BCUT2D eigenvalue weighted by atomic mass is 16.2. The number of aliphatic hydroxyl groups excluding tert-OH is 1. The summed E-state index contributed by atoms with van der Waals surface area (Å²) in [6.45, 7) is 2.65. The van der Waals surface area contributed by atoms with Gasteiger partial charge in [-0.05, 0) is 6.42 Å². The van der Waals surface area contributed by atoms with Gasteiger partial charge in [0.1, 0.15) is 0 Å². The maximum Gasteiger partial charge on any atom is 0.0431 e. The van der Waals surface area contributed by atoms with Crippen molar-refractivity contribution in [2.45, 2.75) is 90.4 Å². The normalized spacial score (nSPS) is 10.9. The molecule has 0 unspecified atom stereocenters. The highest BCUT2D eigenvalue weighted by Crippen LogP contribution is 2.12. The van der Waals surface area contributed by atoms with Gasteiger partial charge in [-0.2, -0.15) is 0 Å². The van der Waals surface area contributed by atoms with Crippen molar-refractivity contribution in [3.8, 4) is 0 Å². The molecule has 0 aliphatic heterocycles. The molecule has 0 atom stereocenters. The van der Waals surface area contributed by atoms with Crippen LogP contribution in [-0.2, 0) is 0 Å². The number of aliphatic hydroxyl groups is 1. The largest absolute Gasteiger partial charge is 0.396 e. The highest BCUT2D eigenvalue weighted by molar-refractivity contribution is 4.48. The Morgan fingerprint density at radius 2 is 0.812 bits per heavy atom. The lowest BCUT2D eigenvalue weighted by Gasteiger charge is -2.02. The molecule has 0 aromatic rings. The van der Waals surface area contributed by atoms with Crippen LogP contribution in [0.1, 0.15) is 90.4 Å². The molecule has 1 nitrogen and oxygen atoms in total. The monoisotopic (exact) mass is 228 g/mol. The lowest BCUT2D eigenvalue weighted by atomic mass is 10.0. The molecule has 1 N–H and O–H groups in total. The van der Waals surface area contributed by atoms with Crippen LogP contribution in [0.15, 0.2) is 0 Å². The Morgan fingerprint density at radius 1 is 0.500 bits per heavy atom. The molecule has 0 heterocycles. The topological polar surface area (TPSA) is 20.2 Å². The van der Waals surface area contributed by atoms with Crippen LogP contribution in [0, 0.1) is 0 Å². The van der Waals surface area contributed by atoms with Gasteiger partial charge in [-0.25, -0.2) is 0 Å². The van der Waals surface area contributed by atoms with Crippen LogP contribution in [0.3, 0.4) is 0 Å². The Balaban J connectivity index is 2.83. The minimum atomic E-state index is 0.373. The Hall–Kier alpha value is -0.0400. The summed E-state index contributed by atoms with van der Waals surface area (Å²) >= 11 is 0. The van der Waals surface area contributed by atoms with Gasteiger partial charge in [0.15, 0.2) is 0 Å². The molecule has 0 aromatic heterocycles. The Morgan fingerprint density at radius 3 is 1.12 bits per heavy atom. The van der Waals surface area contributed by atoms with E-state index < -0.39 is 0 Å². The SMILES string of the molecule is CCCCCCCCCCCCCCCO. The number of unbranched alkanes of at least 4 members (excludes halogenated alkanes) is 12. The quantitative estimate of drug-likeness (QED) is 0.436. The van der Waals surface area contributed by atoms with Crippen LogP contribution in [0.2, 0.25) is 0 Å². The summed E-state index contributed by atoms with van der Waals surface area (Å²) in [5.41, 5.74) is 0. The van der Waals surface area contributed by atoms with Crippen molar-refractivity contribution in [3.63, 3.8) is 0 Å². The van der Waals surface area contributed by atoms with E-state index in [0.29, 0.717) is 6.61 Å². The highest BCUT2D eigenvalue weighted by Gasteiger charge is 1.92. The molecule has 0 aliphatic carbocycles. The van der Waals surface area contributed by atoms with Gasteiger partial charge >= 0.3 is 0 Å². The van der Waals surface area contributed by atoms with Crippen molar-refractivity contribution in [3.05, 3.63) is 0 Å². The summed E-state index contributed by atoms with van der Waals surface area (Å²) in [5.74, 6) is 0. The first-order chi connectivity index (χ1) is 7.91. The number of rotatable bonds is 13. The van der Waals surface area contributed by atoms with E-state index in [1.165, 1.54) is 77.0 Å². The van der Waals surface area contributed by atoms with Crippen molar-refractivity contribution in [2.75, 3.05) is 6.61 Å². The molecule has 0 amide bonds. The molecule has 16 heavy (non-hydrogen) atoms. The maximum absolute atomic E-state index is 8.63. The molecule has 0 fully saturated rings. The third kappa shape index (κ3) is 14.0. The Bertz CT molecular complexity index is 98.0. The smallest absolute Gasteiger partial charge is 0.0431 e. The van der Waals surface area contributed by atoms with E-state index in [2.05, 4.69) is 6.92 Å². The molecule has 0 saturated carbocycles. The standard InChI is InChI=1S/C15H32O/c1-2-3-4-5-6-7-8-9-10-11-12-13-14-15-16/h16H,2-15H2,1H3. The first-order valence-corrected chi connectivity index (χ1v) is 7.52. The molecule has 0 rings (SSSR count). The van der Waals surface area contributed by atoms with Crippen molar-refractivity contribution in [2.24, 2.45) is 0 Å². The summed E-state index contributed by atoms with van der Waals surface area (Å²) in [6.07, 6.45) is 17.7. The lowest BCUT2D eigenvalue weighted by Crippen LogP contribution is -1.84. The van der Waals surface area contributed by atoms with Gasteiger partial charge in [-0.15, -0.1) is 0 Å². The van der Waals surface area contributed by atoms with Gasteiger partial charge in [-0.3, -0.25) is 0 Å². The summed E-state index contributed by atoms with van der Waals surface area (Å²) in [5, 5.41) is 8.63. The molecule has 0 bridgehead atoms. The third-order valence-corrected chi connectivity index (χ3v) is 3.26. The number of hydrogen-bond acceptors (Lipinski definition) is 1. The molecule has 1 heteroatoms. The minimum Gasteiger partial charge on any atom is -0.396 e. The van der Waals surface area contributed by atoms with Crippen LogP contribution in [-0.4, -0.2) is 11.7 Å². The van der Waals surface area contributed by atoms with Crippen LogP contribution < -0.4 is 0 Å². The van der Waals surface area contributed by atoms with Crippen LogP contribution in [0.25, 0.3) is 0 Å². The van der Waals surface area contributed by atoms with Gasteiger partial charge in [0.05, 0.1) is 0 Å². The summed E-state index contributed by atoms with van der Waals surface area (Å²) in [6, 6.07) is 0. The van der Waals surface area contributed by atoms with Crippen molar-refractivity contribution in [1.82, 2.24) is 0 Å². The molecular formula is C15H32O. The molecule has 0 spiro atoms. The average Bonchev–Trinajstić information content (AvgIpc) is 2.31. The third-order valence-electron chi connectivity index (χ3n) is 3.26. The van der Waals surface area contributed by atoms with Gasteiger partial charge in [-0.1, -0.05) is 84.0 Å². The Kier molecular flexibility index (Phi) is 14.9. The fourth-order valence-corrected chi connectivity index (χ4v) is 2.13. The second-order valence-electron chi connectivity index (χ2n) is 4.97. The fourth-order valence-electron chi connectivity index (χ4n) is 2.13. The second-order valence-corrected chi connectivity index (χ2v) is 4.97. The molecule has 0 radical (unpaired) electrons. The molecule has 0 saturated heterocycles. The zero-order chi connectivity index (χ0) is 11.9. The fraction of sp³-hybridized carbons (Fsp3) is 1.00. The van der Waals surface area contributed by atoms with E-state index in [1.807, 2.05) is 0 Å². The summed E-state index contributed by atoms with van der Waals surface area (Å²) < 4.78 is 0. The van der Waals surface area contributed by atoms with Crippen LogP contribution in [0.4, 0.5) is 0 Å². The van der Waals surface area contributed by atoms with E-state index in [0.717, 1.165) is 6.42 Å². The van der Waals surface area contributed by atoms with Crippen LogP contribution in [0.5, 0.6) is 0 Å². The second kappa shape index (κ2) is 15.0. The summed E-state index contributed by atoms with van der Waals surface area (Å²) in [4.78, 5) is 0. The minimum absolute atomic E-state index is 0.373. The lowest BCUT2D eigenvalue weighted by molar-refractivity contribution is 0.282. The predicted molar refractivity (Wildman–Crippen MR) is 72.8 cm³/mol. The molecule has 0 aliphatic rings. The molecule has 0 aromatic carbocycles. The van der Waals surface area contributed by atoms with Gasteiger partial charge in [0.2, 0.25) is 0 Å². The van der Waals surface area contributed by atoms with E-state index in [9.17, 15) is 0 Å². The van der Waals surface area contributed by atoms with Crippen molar-refractivity contribution in [1.29, 1.82) is 0 Å². The zero-order valence-electron chi connectivity index (χ0n) is 11.3. The van der Waals surface area contributed by atoms with E-state index in [1.54, 1.807) is 0 Å². The Labute approximate surface area is 103 Å². The maximum atomic E-state index is 8.63. The predicted octanol–water partition coefficient (Wildman–Crippen LogP) is 5.07. The first-order valence-electron chi connectivity index (χ1n) is 7.52. The van der Waals surface area contributed by atoms with Gasteiger partial charge < -0.3 is 5.11 Å². The zero-order valence-corrected chi connectivity index (χ0v) is 11.3. The summed E-state index contributed by atoms with van der Waals surface area (Å²) in [7, 11) is 0. The molecule has 98 valence electrons. The van der Waals surface area contributed by atoms with E-state index in [-0.39, 0.29) is 0 Å². The van der Waals surface area contributed by atoms with E-state index >= 15 is 0 Å². The van der Waals surface area contributed by atoms with Crippen molar-refractivity contribution >= 4 is 0 Å². The van der Waals surface area contributed by atoms with Crippen LogP contribution >= 0.6 is 0 Å². The number of hydrogen-bond donors (Lipinski definition) is 1. The average molecular weight is 228 g/mol. The first kappa shape index (κ1) is 16.0. The molecular weight excluding hydrogens is 196 g/mol. The van der Waals surface area contributed by atoms with E-state index in [4.69, 9.17) is 5.11 Å².